The largest absolute Gasteiger partial charge is 0.462 e. The van der Waals surface area contributed by atoms with Gasteiger partial charge in [-0.3, -0.25) is 0 Å². The summed E-state index contributed by atoms with van der Waals surface area (Å²) in [6.07, 6.45) is 2.35. The van der Waals surface area contributed by atoms with Crippen molar-refractivity contribution in [3.8, 4) is 0 Å². The number of unbranched alkanes of at least 4 members (excludes halogenated alkanes) is 1. The molecule has 0 heterocycles. The predicted octanol–water partition coefficient (Wildman–Crippen LogP) is 2.05. The van der Waals surface area contributed by atoms with Gasteiger partial charge in [0.15, 0.2) is 0 Å². The normalized spacial score (nSPS) is 11.1. The predicted molar refractivity (Wildman–Crippen MR) is 55.9 cm³/mol. The molecule has 0 saturated carbocycles. The van der Waals surface area contributed by atoms with Crippen molar-refractivity contribution in [3.63, 3.8) is 0 Å². The van der Waals surface area contributed by atoms with E-state index in [1.807, 2.05) is 0 Å². The van der Waals surface area contributed by atoms with Gasteiger partial charge in [0.1, 0.15) is 0 Å². The third-order valence-corrected chi connectivity index (χ3v) is 1.76. The number of carbonyl (C=O) groups excluding carboxylic acids is 1. The standard InChI is InChI=1S/C11H20O3/c1-9(2)10(12)14-8-6-5-7-11(3,4)13/h13H,1,5-8H2,2-4H3. The number of hydrogen-bond donors (Lipinski definition) is 1. The van der Waals surface area contributed by atoms with Crippen LogP contribution in [0.2, 0.25) is 0 Å². The summed E-state index contributed by atoms with van der Waals surface area (Å²) in [4.78, 5) is 10.9. The summed E-state index contributed by atoms with van der Waals surface area (Å²) in [5.74, 6) is -0.340. The number of carbonyl (C=O) groups is 1. The molecule has 82 valence electrons. The van der Waals surface area contributed by atoms with Crippen LogP contribution in [0.25, 0.3) is 0 Å². The third-order valence-electron chi connectivity index (χ3n) is 1.76. The summed E-state index contributed by atoms with van der Waals surface area (Å²) >= 11 is 0. The van der Waals surface area contributed by atoms with E-state index in [4.69, 9.17) is 4.74 Å². The Hall–Kier alpha value is -0.830. The Bertz CT molecular complexity index is 201. The van der Waals surface area contributed by atoms with Crippen molar-refractivity contribution < 1.29 is 14.6 Å². The fraction of sp³-hybridized carbons (Fsp3) is 0.727. The second-order valence-electron chi connectivity index (χ2n) is 4.19. The van der Waals surface area contributed by atoms with Gasteiger partial charge < -0.3 is 9.84 Å². The SMILES string of the molecule is C=C(C)C(=O)OCCCCC(C)(C)O. The van der Waals surface area contributed by atoms with Crippen molar-refractivity contribution in [1.29, 1.82) is 0 Å². The summed E-state index contributed by atoms with van der Waals surface area (Å²) in [6.45, 7) is 9.05. The van der Waals surface area contributed by atoms with Gasteiger partial charge in [0.2, 0.25) is 0 Å². The van der Waals surface area contributed by atoms with Gasteiger partial charge in [0.25, 0.3) is 0 Å². The molecule has 0 radical (unpaired) electrons. The Morgan fingerprint density at radius 1 is 1.43 bits per heavy atom. The van der Waals surface area contributed by atoms with Crippen LogP contribution in [0.15, 0.2) is 12.2 Å². The van der Waals surface area contributed by atoms with E-state index in [9.17, 15) is 9.90 Å². The second-order valence-corrected chi connectivity index (χ2v) is 4.19. The maximum Gasteiger partial charge on any atom is 0.333 e. The van der Waals surface area contributed by atoms with Gasteiger partial charge in [-0.2, -0.15) is 0 Å². The first kappa shape index (κ1) is 13.2. The van der Waals surface area contributed by atoms with Crippen LogP contribution >= 0.6 is 0 Å². The summed E-state index contributed by atoms with van der Waals surface area (Å²) in [5.41, 5.74) is -0.203. The maximum absolute atomic E-state index is 10.9. The van der Waals surface area contributed by atoms with E-state index in [0.29, 0.717) is 12.2 Å². The van der Waals surface area contributed by atoms with Crippen molar-refractivity contribution in [3.05, 3.63) is 12.2 Å². The minimum atomic E-state index is -0.627. The molecule has 0 amide bonds. The summed E-state index contributed by atoms with van der Waals surface area (Å²) in [5, 5.41) is 9.39. The van der Waals surface area contributed by atoms with E-state index >= 15 is 0 Å². The Balaban J connectivity index is 3.39. The van der Waals surface area contributed by atoms with Gasteiger partial charge in [-0.25, -0.2) is 4.79 Å². The third kappa shape index (κ3) is 7.80. The molecule has 14 heavy (non-hydrogen) atoms. The van der Waals surface area contributed by atoms with Crippen LogP contribution in [0.4, 0.5) is 0 Å². The molecule has 1 N–H and O–H groups in total. The average Bonchev–Trinajstić information content (AvgIpc) is 2.01. The van der Waals surface area contributed by atoms with E-state index in [0.717, 1.165) is 19.3 Å². The van der Waals surface area contributed by atoms with Crippen LogP contribution in [0.1, 0.15) is 40.0 Å². The quantitative estimate of drug-likeness (QED) is 0.405. The van der Waals surface area contributed by atoms with Crippen LogP contribution < -0.4 is 0 Å². The van der Waals surface area contributed by atoms with Gasteiger partial charge in [0.05, 0.1) is 12.2 Å². The van der Waals surface area contributed by atoms with Crippen molar-refractivity contribution in [2.75, 3.05) is 6.61 Å². The lowest BCUT2D eigenvalue weighted by molar-refractivity contribution is -0.139. The van der Waals surface area contributed by atoms with Gasteiger partial charge in [-0.05, 0) is 40.0 Å². The van der Waals surface area contributed by atoms with Gasteiger partial charge >= 0.3 is 5.97 Å². The lowest BCUT2D eigenvalue weighted by Gasteiger charge is -2.16. The molecule has 0 fully saturated rings. The van der Waals surface area contributed by atoms with Crippen LogP contribution in [0.5, 0.6) is 0 Å². The molecule has 0 rings (SSSR count). The summed E-state index contributed by atoms with van der Waals surface area (Å²) < 4.78 is 4.90. The molecule has 0 spiro atoms. The van der Waals surface area contributed by atoms with Crippen molar-refractivity contribution in [2.24, 2.45) is 0 Å². The number of hydrogen-bond acceptors (Lipinski definition) is 3. The Morgan fingerprint density at radius 3 is 2.43 bits per heavy atom. The Labute approximate surface area is 85.8 Å². The van der Waals surface area contributed by atoms with Crippen LogP contribution in [0.3, 0.4) is 0 Å². The summed E-state index contributed by atoms with van der Waals surface area (Å²) in [6, 6.07) is 0. The molecule has 3 nitrogen and oxygen atoms in total. The molecule has 0 aromatic heterocycles. The average molecular weight is 200 g/mol. The first-order valence-electron chi connectivity index (χ1n) is 4.88. The van der Waals surface area contributed by atoms with Crippen LogP contribution in [0, 0.1) is 0 Å². The molecule has 0 unspecified atom stereocenters. The molecule has 0 bridgehead atoms. The number of esters is 1. The maximum atomic E-state index is 10.9. The first-order valence-corrected chi connectivity index (χ1v) is 4.88. The fourth-order valence-corrected chi connectivity index (χ4v) is 0.948. The van der Waals surface area contributed by atoms with E-state index in [1.165, 1.54) is 0 Å². The Kier molecular flexibility index (Phi) is 5.46. The monoisotopic (exact) mass is 200 g/mol. The molecular weight excluding hydrogens is 180 g/mol. The zero-order valence-electron chi connectivity index (χ0n) is 9.30. The molecular formula is C11H20O3. The highest BCUT2D eigenvalue weighted by Gasteiger charge is 2.11. The van der Waals surface area contributed by atoms with Gasteiger partial charge in [0, 0.05) is 5.57 Å². The lowest BCUT2D eigenvalue weighted by Crippen LogP contribution is -2.18. The molecule has 0 aliphatic rings. The molecule has 0 aliphatic heterocycles. The van der Waals surface area contributed by atoms with E-state index in [2.05, 4.69) is 6.58 Å². The minimum Gasteiger partial charge on any atom is -0.462 e. The molecule has 3 heteroatoms. The van der Waals surface area contributed by atoms with Crippen molar-refractivity contribution in [2.45, 2.75) is 45.6 Å². The topological polar surface area (TPSA) is 46.5 Å². The van der Waals surface area contributed by atoms with E-state index in [1.54, 1.807) is 20.8 Å². The number of aliphatic hydroxyl groups is 1. The first-order chi connectivity index (χ1) is 6.33. The molecule has 0 aromatic rings. The molecule has 0 atom stereocenters. The molecule has 0 aliphatic carbocycles. The van der Waals surface area contributed by atoms with Crippen molar-refractivity contribution in [1.82, 2.24) is 0 Å². The number of ether oxygens (including phenoxy) is 1. The minimum absolute atomic E-state index is 0.340. The van der Waals surface area contributed by atoms with E-state index < -0.39 is 5.60 Å². The second kappa shape index (κ2) is 5.81. The van der Waals surface area contributed by atoms with E-state index in [-0.39, 0.29) is 5.97 Å². The highest BCUT2D eigenvalue weighted by molar-refractivity contribution is 5.86. The lowest BCUT2D eigenvalue weighted by atomic mass is 10.0. The van der Waals surface area contributed by atoms with Crippen LogP contribution in [-0.2, 0) is 9.53 Å². The molecule has 0 saturated heterocycles. The number of rotatable bonds is 6. The van der Waals surface area contributed by atoms with Crippen LogP contribution in [-0.4, -0.2) is 23.3 Å². The fourth-order valence-electron chi connectivity index (χ4n) is 0.948. The van der Waals surface area contributed by atoms with Gasteiger partial charge in [-0.1, -0.05) is 6.58 Å². The smallest absolute Gasteiger partial charge is 0.333 e. The zero-order valence-corrected chi connectivity index (χ0v) is 9.30. The summed E-state index contributed by atoms with van der Waals surface area (Å²) in [7, 11) is 0. The van der Waals surface area contributed by atoms with Gasteiger partial charge in [-0.15, -0.1) is 0 Å². The zero-order chi connectivity index (χ0) is 11.2. The Morgan fingerprint density at radius 2 is 2.00 bits per heavy atom. The van der Waals surface area contributed by atoms with Crippen molar-refractivity contribution >= 4 is 5.97 Å². The highest BCUT2D eigenvalue weighted by atomic mass is 16.5. The molecule has 0 aromatic carbocycles. The highest BCUT2D eigenvalue weighted by Crippen LogP contribution is 2.11.